The first-order chi connectivity index (χ1) is 21.8. The minimum atomic E-state index is -0.949. The molecule has 1 N–H and O–H groups in total. The highest BCUT2D eigenvalue weighted by Crippen LogP contribution is 2.42. The Morgan fingerprint density at radius 2 is 1.51 bits per heavy atom. The lowest BCUT2D eigenvalue weighted by molar-refractivity contribution is -0.136. The fourth-order valence-corrected chi connectivity index (χ4v) is 7.88. The number of carbonyl (C=O) groups excluding carboxylic acids is 5. The van der Waals surface area contributed by atoms with Gasteiger partial charge in [0, 0.05) is 44.8 Å². The lowest BCUT2D eigenvalue weighted by Gasteiger charge is -2.48. The Balaban J connectivity index is 0.885. The van der Waals surface area contributed by atoms with Gasteiger partial charge in [0.2, 0.25) is 11.8 Å². The van der Waals surface area contributed by atoms with Crippen LogP contribution in [-0.2, 0) is 9.59 Å². The number of benzene rings is 1. The Kier molecular flexibility index (Phi) is 7.84. The highest BCUT2D eigenvalue weighted by atomic mass is 16.2. The summed E-state index contributed by atoms with van der Waals surface area (Å²) in [5, 5.41) is 10.5. The number of rotatable bonds is 6. The van der Waals surface area contributed by atoms with Crippen molar-refractivity contribution in [3.63, 3.8) is 0 Å². The van der Waals surface area contributed by atoms with E-state index in [0.29, 0.717) is 28.2 Å². The van der Waals surface area contributed by atoms with Crippen molar-refractivity contribution >= 4 is 41.4 Å². The molecule has 5 aliphatic heterocycles. The summed E-state index contributed by atoms with van der Waals surface area (Å²) >= 11 is 0. The van der Waals surface area contributed by atoms with E-state index in [1.165, 1.54) is 12.8 Å². The number of amides is 4. The van der Waals surface area contributed by atoms with Crippen LogP contribution in [0.2, 0.25) is 0 Å². The zero-order chi connectivity index (χ0) is 31.1. The number of nitrogens with one attached hydrogen (secondary N) is 1. The van der Waals surface area contributed by atoms with E-state index in [1.807, 2.05) is 12.1 Å². The van der Waals surface area contributed by atoms with E-state index in [-0.39, 0.29) is 18.7 Å². The molecule has 6 heterocycles. The van der Waals surface area contributed by atoms with Crippen LogP contribution >= 0.6 is 0 Å². The molecule has 0 radical (unpaired) electrons. The maximum absolute atomic E-state index is 13.3. The van der Waals surface area contributed by atoms with Gasteiger partial charge in [0.05, 0.1) is 11.1 Å². The number of hydrogen-bond donors (Lipinski definition) is 1. The number of nitrogens with zero attached hydrogens (tertiary/aromatic N) is 6. The largest absolute Gasteiger partial charge is 0.371 e. The van der Waals surface area contributed by atoms with Crippen molar-refractivity contribution in [1.29, 1.82) is 0 Å². The van der Waals surface area contributed by atoms with Crippen molar-refractivity contribution in [3.8, 4) is 0 Å². The molecule has 45 heavy (non-hydrogen) atoms. The summed E-state index contributed by atoms with van der Waals surface area (Å²) in [5.74, 6) is -0.415. The van der Waals surface area contributed by atoms with E-state index < -0.39 is 23.8 Å². The van der Waals surface area contributed by atoms with Crippen LogP contribution in [-0.4, -0.2) is 102 Å². The Bertz CT molecular complexity index is 1500. The number of fused-ring (bicyclic) bond motifs is 1. The number of anilines is 2. The van der Waals surface area contributed by atoms with Gasteiger partial charge in [-0.2, -0.15) is 0 Å². The SMILES string of the molecule is O=Cc1ccc(N2CCC3(CCN(CC4CCN(c5ccc6c(c5)C(=O)N(C5CCC(=O)NC5=O)C6=O)CC4)CC3)CC2)nn1. The van der Waals surface area contributed by atoms with E-state index in [4.69, 9.17) is 0 Å². The van der Waals surface area contributed by atoms with Gasteiger partial charge in [-0.15, -0.1) is 10.2 Å². The molecule has 1 aromatic heterocycles. The molecule has 0 bridgehead atoms. The van der Waals surface area contributed by atoms with Crippen LogP contribution < -0.4 is 15.1 Å². The second-order valence-electron chi connectivity index (χ2n) is 13.3. The highest BCUT2D eigenvalue weighted by molar-refractivity contribution is 6.23. The van der Waals surface area contributed by atoms with Crippen LogP contribution in [0.15, 0.2) is 30.3 Å². The third-order valence-corrected chi connectivity index (χ3v) is 10.8. The van der Waals surface area contributed by atoms with Crippen molar-refractivity contribution in [2.45, 2.75) is 57.4 Å². The topological polar surface area (TPSA) is 136 Å². The molecule has 4 saturated heterocycles. The predicted molar refractivity (Wildman–Crippen MR) is 165 cm³/mol. The van der Waals surface area contributed by atoms with Crippen molar-refractivity contribution in [3.05, 3.63) is 47.2 Å². The molecular weight excluding hydrogens is 574 g/mol. The second kappa shape index (κ2) is 12.0. The molecule has 1 atom stereocenters. The van der Waals surface area contributed by atoms with Crippen molar-refractivity contribution in [1.82, 2.24) is 25.3 Å². The standard InChI is InChI=1S/C33H39N7O5/c41-21-23-1-5-28(36-35-23)39-17-11-33(12-18-39)9-15-37(16-10-33)20-22-7-13-38(14-8-22)24-2-3-25-26(19-24)32(45)40(31(25)44)27-4-6-29(42)34-30(27)43/h1-3,5,19,21-22,27H,4,6-18,20H2,(H,34,42,43). The second-order valence-corrected chi connectivity index (χ2v) is 13.3. The molecule has 4 amide bonds. The Labute approximate surface area is 262 Å². The fourth-order valence-electron chi connectivity index (χ4n) is 7.88. The average molecular weight is 614 g/mol. The summed E-state index contributed by atoms with van der Waals surface area (Å²) in [6.07, 6.45) is 7.92. The van der Waals surface area contributed by atoms with Gasteiger partial charge in [-0.05, 0) is 99.7 Å². The average Bonchev–Trinajstić information content (AvgIpc) is 3.31. The van der Waals surface area contributed by atoms with Crippen LogP contribution in [0.25, 0.3) is 0 Å². The monoisotopic (exact) mass is 613 g/mol. The van der Waals surface area contributed by atoms with Crippen molar-refractivity contribution in [2.75, 3.05) is 55.6 Å². The molecule has 1 unspecified atom stereocenters. The Morgan fingerprint density at radius 3 is 2.18 bits per heavy atom. The zero-order valence-corrected chi connectivity index (χ0v) is 25.4. The maximum Gasteiger partial charge on any atom is 0.262 e. The lowest BCUT2D eigenvalue weighted by atomic mass is 9.71. The van der Waals surface area contributed by atoms with E-state index in [0.717, 1.165) is 94.2 Å². The van der Waals surface area contributed by atoms with Gasteiger partial charge in [-0.25, -0.2) is 0 Å². The van der Waals surface area contributed by atoms with E-state index in [1.54, 1.807) is 18.2 Å². The molecule has 2 aromatic rings. The first-order valence-corrected chi connectivity index (χ1v) is 16.2. The molecule has 1 spiro atoms. The first-order valence-electron chi connectivity index (χ1n) is 16.2. The number of imide groups is 2. The maximum atomic E-state index is 13.3. The molecule has 7 rings (SSSR count). The summed E-state index contributed by atoms with van der Waals surface area (Å²) in [7, 11) is 0. The van der Waals surface area contributed by atoms with Gasteiger partial charge in [0.1, 0.15) is 11.7 Å². The molecule has 0 saturated carbocycles. The molecule has 5 aliphatic rings. The number of aldehydes is 1. The van der Waals surface area contributed by atoms with Gasteiger partial charge in [0.25, 0.3) is 11.8 Å². The Hall–Kier alpha value is -4.19. The molecule has 12 heteroatoms. The normalized spacial score (nSPS) is 24.3. The molecule has 1 aromatic carbocycles. The lowest BCUT2D eigenvalue weighted by Crippen LogP contribution is -2.54. The quantitative estimate of drug-likeness (QED) is 0.382. The van der Waals surface area contributed by atoms with Crippen LogP contribution in [0.4, 0.5) is 11.5 Å². The summed E-state index contributed by atoms with van der Waals surface area (Å²) < 4.78 is 0. The van der Waals surface area contributed by atoms with Gasteiger partial charge in [-0.3, -0.25) is 34.2 Å². The van der Waals surface area contributed by atoms with Crippen molar-refractivity contribution in [2.24, 2.45) is 11.3 Å². The van der Waals surface area contributed by atoms with Gasteiger partial charge >= 0.3 is 0 Å². The molecular formula is C33H39N7O5. The van der Waals surface area contributed by atoms with Crippen LogP contribution in [0.5, 0.6) is 0 Å². The van der Waals surface area contributed by atoms with Crippen LogP contribution in [0, 0.1) is 11.3 Å². The smallest absolute Gasteiger partial charge is 0.262 e. The highest BCUT2D eigenvalue weighted by Gasteiger charge is 2.45. The van der Waals surface area contributed by atoms with Crippen LogP contribution in [0.3, 0.4) is 0 Å². The minimum absolute atomic E-state index is 0.109. The van der Waals surface area contributed by atoms with Crippen molar-refractivity contribution < 1.29 is 24.0 Å². The van der Waals surface area contributed by atoms with E-state index >= 15 is 0 Å². The number of hydrogen-bond acceptors (Lipinski definition) is 10. The summed E-state index contributed by atoms with van der Waals surface area (Å²) in [6.45, 7) is 7.14. The third kappa shape index (κ3) is 5.71. The van der Waals surface area contributed by atoms with E-state index in [2.05, 4.69) is 30.2 Å². The van der Waals surface area contributed by atoms with Gasteiger partial charge in [0.15, 0.2) is 12.1 Å². The first kappa shape index (κ1) is 29.5. The number of carbonyl (C=O) groups is 5. The van der Waals surface area contributed by atoms with E-state index in [9.17, 15) is 24.0 Å². The third-order valence-electron chi connectivity index (χ3n) is 10.8. The van der Waals surface area contributed by atoms with Crippen LogP contribution in [0.1, 0.15) is 82.6 Å². The summed E-state index contributed by atoms with van der Waals surface area (Å²) in [6, 6.07) is 8.08. The number of likely N-dealkylation sites (tertiary alicyclic amines) is 1. The fraction of sp³-hybridized carbons (Fsp3) is 0.545. The number of piperidine rings is 4. The predicted octanol–water partition coefficient (Wildman–Crippen LogP) is 2.29. The minimum Gasteiger partial charge on any atom is -0.371 e. The number of aromatic nitrogens is 2. The molecule has 4 fully saturated rings. The van der Waals surface area contributed by atoms with Gasteiger partial charge < -0.3 is 14.7 Å². The Morgan fingerprint density at radius 1 is 0.800 bits per heavy atom. The summed E-state index contributed by atoms with van der Waals surface area (Å²) in [5.41, 5.74) is 2.35. The zero-order valence-electron chi connectivity index (χ0n) is 25.4. The molecule has 236 valence electrons. The summed E-state index contributed by atoms with van der Waals surface area (Å²) in [4.78, 5) is 69.4. The molecule has 0 aliphatic carbocycles. The molecule has 12 nitrogen and oxygen atoms in total. The van der Waals surface area contributed by atoms with Gasteiger partial charge in [-0.1, -0.05) is 0 Å².